The van der Waals surface area contributed by atoms with Crippen molar-refractivity contribution in [2.75, 3.05) is 11.9 Å². The molecular weight excluding hydrogens is 422 g/mol. The summed E-state index contributed by atoms with van der Waals surface area (Å²) >= 11 is 5.50. The molecule has 32 heavy (non-hydrogen) atoms. The fraction of sp³-hybridized carbons (Fsp3) is 0.160. The first-order valence-corrected chi connectivity index (χ1v) is 10.7. The lowest BCUT2D eigenvalue weighted by Crippen LogP contribution is -2.22. The third-order valence-corrected chi connectivity index (χ3v) is 5.70. The van der Waals surface area contributed by atoms with E-state index in [9.17, 15) is 9.59 Å². The SMILES string of the molecule is CCOc1ccccc1NC(=O)c1ccc2c(=O)n(-c3cccc(C)c3C)c(=S)[nH]c2c1. The van der Waals surface area contributed by atoms with Gasteiger partial charge in [0.05, 0.1) is 28.9 Å². The van der Waals surface area contributed by atoms with Crippen molar-refractivity contribution in [1.29, 1.82) is 0 Å². The molecular formula is C25H23N3O3S. The summed E-state index contributed by atoms with van der Waals surface area (Å²) in [6.07, 6.45) is 0. The summed E-state index contributed by atoms with van der Waals surface area (Å²) in [4.78, 5) is 29.2. The summed E-state index contributed by atoms with van der Waals surface area (Å²) in [6, 6.07) is 17.9. The van der Waals surface area contributed by atoms with Gasteiger partial charge in [0, 0.05) is 5.56 Å². The number of para-hydroxylation sites is 2. The van der Waals surface area contributed by atoms with Crippen molar-refractivity contribution in [3.63, 3.8) is 0 Å². The molecule has 0 fully saturated rings. The van der Waals surface area contributed by atoms with Gasteiger partial charge in [0.25, 0.3) is 11.5 Å². The average molecular weight is 446 g/mol. The van der Waals surface area contributed by atoms with Gasteiger partial charge in [0.2, 0.25) is 0 Å². The maximum atomic E-state index is 13.3. The van der Waals surface area contributed by atoms with Crippen LogP contribution in [0.5, 0.6) is 5.75 Å². The van der Waals surface area contributed by atoms with Crippen LogP contribution in [0, 0.1) is 18.6 Å². The number of carbonyl (C=O) groups excluding carboxylic acids is 1. The predicted molar refractivity (Wildman–Crippen MR) is 130 cm³/mol. The number of anilines is 1. The second-order valence-electron chi connectivity index (χ2n) is 7.43. The van der Waals surface area contributed by atoms with Crippen molar-refractivity contribution in [2.24, 2.45) is 0 Å². The third-order valence-electron chi connectivity index (χ3n) is 5.41. The number of carbonyl (C=O) groups is 1. The summed E-state index contributed by atoms with van der Waals surface area (Å²) in [6.45, 7) is 6.33. The quantitative estimate of drug-likeness (QED) is 0.408. The number of hydrogen-bond donors (Lipinski definition) is 2. The molecule has 2 N–H and O–H groups in total. The molecule has 0 bridgehead atoms. The number of H-pyrrole nitrogens is 1. The molecule has 1 heterocycles. The first kappa shape index (κ1) is 21.5. The normalized spacial score (nSPS) is 10.8. The van der Waals surface area contributed by atoms with Gasteiger partial charge in [-0.15, -0.1) is 0 Å². The van der Waals surface area contributed by atoms with Crippen LogP contribution in [0.15, 0.2) is 65.5 Å². The van der Waals surface area contributed by atoms with Gasteiger partial charge < -0.3 is 15.0 Å². The predicted octanol–water partition coefficient (Wildman–Crippen LogP) is 5.32. The molecule has 0 radical (unpaired) electrons. The van der Waals surface area contributed by atoms with E-state index in [1.165, 1.54) is 4.57 Å². The highest BCUT2D eigenvalue weighted by Gasteiger charge is 2.14. The summed E-state index contributed by atoms with van der Waals surface area (Å²) in [5, 5.41) is 3.32. The number of amides is 1. The lowest BCUT2D eigenvalue weighted by molar-refractivity contribution is 0.102. The number of ether oxygens (including phenoxy) is 1. The van der Waals surface area contributed by atoms with Gasteiger partial charge in [0.1, 0.15) is 5.75 Å². The first-order chi connectivity index (χ1) is 15.4. The monoisotopic (exact) mass is 445 g/mol. The minimum absolute atomic E-state index is 0.230. The molecule has 0 unspecified atom stereocenters. The number of rotatable bonds is 5. The number of aryl methyl sites for hydroxylation is 1. The molecule has 1 aromatic heterocycles. The van der Waals surface area contributed by atoms with Crippen molar-refractivity contribution in [3.05, 3.63) is 92.5 Å². The molecule has 3 aromatic carbocycles. The van der Waals surface area contributed by atoms with Gasteiger partial charge in [-0.25, -0.2) is 0 Å². The van der Waals surface area contributed by atoms with Crippen LogP contribution < -0.4 is 15.6 Å². The van der Waals surface area contributed by atoms with Gasteiger partial charge in [0.15, 0.2) is 4.77 Å². The Kier molecular flexibility index (Phi) is 5.92. The number of nitrogens with one attached hydrogen (secondary N) is 2. The van der Waals surface area contributed by atoms with Crippen LogP contribution in [-0.2, 0) is 0 Å². The molecule has 4 aromatic rings. The fourth-order valence-electron chi connectivity index (χ4n) is 3.60. The van der Waals surface area contributed by atoms with Crippen LogP contribution in [0.3, 0.4) is 0 Å². The second kappa shape index (κ2) is 8.80. The molecule has 0 atom stereocenters. The molecule has 0 aliphatic heterocycles. The maximum absolute atomic E-state index is 13.3. The fourth-order valence-corrected chi connectivity index (χ4v) is 3.89. The van der Waals surface area contributed by atoms with E-state index >= 15 is 0 Å². The second-order valence-corrected chi connectivity index (χ2v) is 7.82. The van der Waals surface area contributed by atoms with Gasteiger partial charge in [-0.3, -0.25) is 14.2 Å². The zero-order valence-electron chi connectivity index (χ0n) is 18.1. The van der Waals surface area contributed by atoms with Crippen molar-refractivity contribution >= 4 is 34.7 Å². The molecule has 162 valence electrons. The number of benzene rings is 3. The smallest absolute Gasteiger partial charge is 0.266 e. The Morgan fingerprint density at radius 1 is 1.09 bits per heavy atom. The third kappa shape index (κ3) is 3.94. The number of nitrogens with zero attached hydrogens (tertiary/aromatic N) is 1. The van der Waals surface area contributed by atoms with E-state index in [4.69, 9.17) is 17.0 Å². The van der Waals surface area contributed by atoms with Crippen LogP contribution in [0.2, 0.25) is 0 Å². The summed E-state index contributed by atoms with van der Waals surface area (Å²) in [5.74, 6) is 0.289. The van der Waals surface area contributed by atoms with Crippen LogP contribution in [-0.4, -0.2) is 22.1 Å². The summed E-state index contributed by atoms with van der Waals surface area (Å²) in [5.41, 5.74) is 4.06. The molecule has 6 nitrogen and oxygen atoms in total. The topological polar surface area (TPSA) is 76.1 Å². The Morgan fingerprint density at radius 2 is 1.88 bits per heavy atom. The van der Waals surface area contributed by atoms with Crippen molar-refractivity contribution < 1.29 is 9.53 Å². The highest BCUT2D eigenvalue weighted by Crippen LogP contribution is 2.25. The van der Waals surface area contributed by atoms with Crippen LogP contribution in [0.4, 0.5) is 5.69 Å². The van der Waals surface area contributed by atoms with E-state index in [0.717, 1.165) is 16.8 Å². The molecule has 0 spiro atoms. The molecule has 4 rings (SSSR count). The number of hydrogen-bond acceptors (Lipinski definition) is 4. The largest absolute Gasteiger partial charge is 0.492 e. The number of aromatic nitrogens is 2. The molecule has 0 aliphatic carbocycles. The minimum atomic E-state index is -0.308. The van der Waals surface area contributed by atoms with E-state index in [2.05, 4.69) is 10.3 Å². The Hall–Kier alpha value is -3.71. The highest BCUT2D eigenvalue weighted by molar-refractivity contribution is 7.71. The van der Waals surface area contributed by atoms with Crippen molar-refractivity contribution in [1.82, 2.24) is 9.55 Å². The van der Waals surface area contributed by atoms with Crippen LogP contribution in [0.1, 0.15) is 28.4 Å². The molecule has 0 saturated heterocycles. The zero-order valence-corrected chi connectivity index (χ0v) is 18.9. The van der Waals surface area contributed by atoms with Crippen LogP contribution in [0.25, 0.3) is 16.6 Å². The molecule has 1 amide bonds. The van der Waals surface area contributed by atoms with E-state index in [-0.39, 0.29) is 16.2 Å². The molecule has 0 aliphatic rings. The zero-order chi connectivity index (χ0) is 22.8. The lowest BCUT2D eigenvalue weighted by Gasteiger charge is -2.13. The van der Waals surface area contributed by atoms with E-state index in [0.29, 0.717) is 34.5 Å². The van der Waals surface area contributed by atoms with Gasteiger partial charge in [-0.2, -0.15) is 0 Å². The van der Waals surface area contributed by atoms with E-state index in [1.54, 1.807) is 30.3 Å². The van der Waals surface area contributed by atoms with Crippen molar-refractivity contribution in [3.8, 4) is 11.4 Å². The molecule has 7 heteroatoms. The summed E-state index contributed by atoms with van der Waals surface area (Å²) < 4.78 is 7.34. The Bertz CT molecular complexity index is 1450. The molecule has 0 saturated carbocycles. The highest BCUT2D eigenvalue weighted by atomic mass is 32.1. The number of aromatic amines is 1. The van der Waals surface area contributed by atoms with Crippen molar-refractivity contribution in [2.45, 2.75) is 20.8 Å². The minimum Gasteiger partial charge on any atom is -0.492 e. The Labute approximate surface area is 190 Å². The van der Waals surface area contributed by atoms with E-state index in [1.807, 2.05) is 51.1 Å². The number of fused-ring (bicyclic) bond motifs is 1. The standard InChI is InChI=1S/C25H23N3O3S/c1-4-31-22-11-6-5-9-19(22)26-23(29)17-12-13-18-20(14-17)27-25(32)28(24(18)30)21-10-7-8-15(2)16(21)3/h5-14H,4H2,1-3H3,(H,26,29)(H,27,32). The lowest BCUT2D eigenvalue weighted by atomic mass is 10.1. The first-order valence-electron chi connectivity index (χ1n) is 10.3. The average Bonchev–Trinajstić information content (AvgIpc) is 2.77. The maximum Gasteiger partial charge on any atom is 0.266 e. The van der Waals surface area contributed by atoms with E-state index < -0.39 is 0 Å². The van der Waals surface area contributed by atoms with Gasteiger partial charge in [-0.1, -0.05) is 24.3 Å². The summed E-state index contributed by atoms with van der Waals surface area (Å²) in [7, 11) is 0. The van der Waals surface area contributed by atoms with Gasteiger partial charge in [-0.05, 0) is 80.5 Å². The van der Waals surface area contributed by atoms with Gasteiger partial charge >= 0.3 is 0 Å². The Morgan fingerprint density at radius 3 is 2.66 bits per heavy atom. The van der Waals surface area contributed by atoms with Crippen LogP contribution >= 0.6 is 12.2 Å². The Balaban J connectivity index is 1.75.